The molecule has 4 heteroatoms. The standard InChI is InChI=1S/C10H15N3O/c1-13-5-4-9(12-13)10(14)7-2-3-8(11)6-7/h4-5,7-8H,2-3,6,11H2,1H3. The first-order chi connectivity index (χ1) is 6.66. The van der Waals surface area contributed by atoms with Crippen LogP contribution in [0.3, 0.4) is 0 Å². The predicted octanol–water partition coefficient (Wildman–Crippen LogP) is 0.730. The minimum atomic E-state index is 0.0971. The summed E-state index contributed by atoms with van der Waals surface area (Å²) in [5.74, 6) is 0.249. The minimum Gasteiger partial charge on any atom is -0.328 e. The van der Waals surface area contributed by atoms with Gasteiger partial charge in [-0.15, -0.1) is 0 Å². The number of nitrogens with zero attached hydrogens (tertiary/aromatic N) is 2. The quantitative estimate of drug-likeness (QED) is 0.704. The molecule has 0 bridgehead atoms. The molecular formula is C10H15N3O. The fourth-order valence-corrected chi connectivity index (χ4v) is 2.01. The van der Waals surface area contributed by atoms with E-state index in [0.717, 1.165) is 19.3 Å². The summed E-state index contributed by atoms with van der Waals surface area (Å²) in [6.07, 6.45) is 4.48. The van der Waals surface area contributed by atoms with Crippen LogP contribution in [-0.4, -0.2) is 21.6 Å². The Labute approximate surface area is 83.1 Å². The summed E-state index contributed by atoms with van der Waals surface area (Å²) < 4.78 is 1.65. The number of ketones is 1. The average Bonchev–Trinajstić information content (AvgIpc) is 2.73. The van der Waals surface area contributed by atoms with Gasteiger partial charge in [-0.25, -0.2) is 0 Å². The highest BCUT2D eigenvalue weighted by atomic mass is 16.1. The molecule has 1 aliphatic carbocycles. The third-order valence-electron chi connectivity index (χ3n) is 2.81. The summed E-state index contributed by atoms with van der Waals surface area (Å²) in [6, 6.07) is 1.97. The van der Waals surface area contributed by atoms with Crippen molar-refractivity contribution in [2.24, 2.45) is 18.7 Å². The maximum absolute atomic E-state index is 11.9. The van der Waals surface area contributed by atoms with E-state index in [-0.39, 0.29) is 17.7 Å². The number of Topliss-reactive ketones (excluding diaryl/α,β-unsaturated/α-hetero) is 1. The Hall–Kier alpha value is -1.16. The number of carbonyl (C=O) groups excluding carboxylic acids is 1. The fourth-order valence-electron chi connectivity index (χ4n) is 2.01. The van der Waals surface area contributed by atoms with Gasteiger partial charge in [-0.05, 0) is 25.3 Å². The molecule has 1 aromatic rings. The van der Waals surface area contributed by atoms with E-state index in [2.05, 4.69) is 5.10 Å². The number of nitrogens with two attached hydrogens (primary N) is 1. The molecule has 0 aromatic carbocycles. The van der Waals surface area contributed by atoms with Gasteiger partial charge in [0.2, 0.25) is 0 Å². The number of rotatable bonds is 2. The molecule has 0 aliphatic heterocycles. The number of hydrogen-bond donors (Lipinski definition) is 1. The van der Waals surface area contributed by atoms with Crippen molar-refractivity contribution in [1.82, 2.24) is 9.78 Å². The first-order valence-corrected chi connectivity index (χ1v) is 4.96. The molecule has 4 nitrogen and oxygen atoms in total. The van der Waals surface area contributed by atoms with Gasteiger partial charge in [-0.1, -0.05) is 0 Å². The lowest BCUT2D eigenvalue weighted by Gasteiger charge is -2.05. The van der Waals surface area contributed by atoms with Crippen molar-refractivity contribution in [3.8, 4) is 0 Å². The fraction of sp³-hybridized carbons (Fsp3) is 0.600. The molecule has 1 fully saturated rings. The lowest BCUT2D eigenvalue weighted by atomic mass is 10.0. The molecule has 0 spiro atoms. The van der Waals surface area contributed by atoms with Crippen LogP contribution in [0.2, 0.25) is 0 Å². The molecule has 1 saturated carbocycles. The van der Waals surface area contributed by atoms with Gasteiger partial charge in [-0.3, -0.25) is 9.48 Å². The van der Waals surface area contributed by atoms with Gasteiger partial charge in [0.15, 0.2) is 5.78 Å². The lowest BCUT2D eigenvalue weighted by Crippen LogP contribution is -2.18. The maximum Gasteiger partial charge on any atom is 0.186 e. The summed E-state index contributed by atoms with van der Waals surface area (Å²) in [4.78, 5) is 11.9. The molecule has 2 atom stereocenters. The Morgan fingerprint density at radius 3 is 2.93 bits per heavy atom. The van der Waals surface area contributed by atoms with Gasteiger partial charge in [-0.2, -0.15) is 5.10 Å². The Bertz CT molecular complexity index is 345. The van der Waals surface area contributed by atoms with Crippen LogP contribution in [0, 0.1) is 5.92 Å². The molecular weight excluding hydrogens is 178 g/mol. The molecule has 1 aromatic heterocycles. The highest BCUT2D eigenvalue weighted by Crippen LogP contribution is 2.26. The van der Waals surface area contributed by atoms with Crippen LogP contribution in [0.1, 0.15) is 29.8 Å². The zero-order valence-corrected chi connectivity index (χ0v) is 8.31. The van der Waals surface area contributed by atoms with Crippen LogP contribution < -0.4 is 5.73 Å². The lowest BCUT2D eigenvalue weighted by molar-refractivity contribution is 0.0916. The molecule has 2 rings (SSSR count). The molecule has 0 saturated heterocycles. The number of carbonyl (C=O) groups is 1. The zero-order chi connectivity index (χ0) is 10.1. The smallest absolute Gasteiger partial charge is 0.186 e. The number of aryl methyl sites for hydroxylation is 1. The SMILES string of the molecule is Cn1ccc(C(=O)C2CCC(N)C2)n1. The van der Waals surface area contributed by atoms with Crippen molar-refractivity contribution in [3.05, 3.63) is 18.0 Å². The van der Waals surface area contributed by atoms with E-state index in [1.807, 2.05) is 7.05 Å². The minimum absolute atomic E-state index is 0.0971. The van der Waals surface area contributed by atoms with Gasteiger partial charge in [0.25, 0.3) is 0 Å². The van der Waals surface area contributed by atoms with Gasteiger partial charge in [0.1, 0.15) is 5.69 Å². The predicted molar refractivity (Wildman–Crippen MR) is 52.9 cm³/mol. The largest absolute Gasteiger partial charge is 0.328 e. The van der Waals surface area contributed by atoms with Crippen molar-refractivity contribution in [2.45, 2.75) is 25.3 Å². The maximum atomic E-state index is 11.9. The van der Waals surface area contributed by atoms with Crippen LogP contribution in [0.4, 0.5) is 0 Å². The van der Waals surface area contributed by atoms with E-state index < -0.39 is 0 Å². The van der Waals surface area contributed by atoms with Gasteiger partial charge in [0, 0.05) is 25.2 Å². The second-order valence-corrected chi connectivity index (χ2v) is 4.01. The van der Waals surface area contributed by atoms with Crippen LogP contribution in [-0.2, 0) is 7.05 Å². The summed E-state index contributed by atoms with van der Waals surface area (Å²) in [7, 11) is 1.82. The van der Waals surface area contributed by atoms with E-state index in [9.17, 15) is 4.79 Å². The van der Waals surface area contributed by atoms with Crippen LogP contribution >= 0.6 is 0 Å². The normalized spacial score (nSPS) is 26.7. The second-order valence-electron chi connectivity index (χ2n) is 4.01. The third kappa shape index (κ3) is 1.70. The van der Waals surface area contributed by atoms with Gasteiger partial charge < -0.3 is 5.73 Å². The van der Waals surface area contributed by atoms with Crippen molar-refractivity contribution < 1.29 is 4.79 Å². The Kier molecular flexibility index (Phi) is 2.37. The van der Waals surface area contributed by atoms with Gasteiger partial charge in [0.05, 0.1) is 0 Å². The molecule has 2 unspecified atom stereocenters. The Morgan fingerprint density at radius 1 is 1.64 bits per heavy atom. The van der Waals surface area contributed by atoms with E-state index in [0.29, 0.717) is 5.69 Å². The summed E-state index contributed by atoms with van der Waals surface area (Å²) in [5, 5.41) is 4.11. The molecule has 0 radical (unpaired) electrons. The van der Waals surface area contributed by atoms with E-state index in [1.54, 1.807) is 16.9 Å². The van der Waals surface area contributed by atoms with E-state index in [4.69, 9.17) is 5.73 Å². The average molecular weight is 193 g/mol. The summed E-state index contributed by atoms with van der Waals surface area (Å²) >= 11 is 0. The van der Waals surface area contributed by atoms with Crippen LogP contribution in [0.5, 0.6) is 0 Å². The highest BCUT2D eigenvalue weighted by molar-refractivity contribution is 5.96. The first-order valence-electron chi connectivity index (χ1n) is 4.96. The highest BCUT2D eigenvalue weighted by Gasteiger charge is 2.29. The zero-order valence-electron chi connectivity index (χ0n) is 8.31. The molecule has 2 N–H and O–H groups in total. The van der Waals surface area contributed by atoms with Crippen molar-refractivity contribution >= 4 is 5.78 Å². The molecule has 1 heterocycles. The third-order valence-corrected chi connectivity index (χ3v) is 2.81. The molecule has 14 heavy (non-hydrogen) atoms. The number of hydrogen-bond acceptors (Lipinski definition) is 3. The molecule has 1 aliphatic rings. The Balaban J connectivity index is 2.09. The van der Waals surface area contributed by atoms with Crippen LogP contribution in [0.15, 0.2) is 12.3 Å². The first kappa shape index (κ1) is 9.40. The summed E-state index contributed by atoms with van der Waals surface area (Å²) in [5.41, 5.74) is 6.34. The van der Waals surface area contributed by atoms with Crippen LogP contribution in [0.25, 0.3) is 0 Å². The summed E-state index contributed by atoms with van der Waals surface area (Å²) in [6.45, 7) is 0. The van der Waals surface area contributed by atoms with Gasteiger partial charge >= 0.3 is 0 Å². The molecule has 76 valence electrons. The van der Waals surface area contributed by atoms with E-state index in [1.165, 1.54) is 0 Å². The number of aromatic nitrogens is 2. The monoisotopic (exact) mass is 193 g/mol. The van der Waals surface area contributed by atoms with Crippen molar-refractivity contribution in [2.75, 3.05) is 0 Å². The second kappa shape index (κ2) is 3.53. The molecule has 0 amide bonds. The van der Waals surface area contributed by atoms with E-state index >= 15 is 0 Å². The van der Waals surface area contributed by atoms with Crippen molar-refractivity contribution in [3.63, 3.8) is 0 Å². The topological polar surface area (TPSA) is 60.9 Å². The Morgan fingerprint density at radius 2 is 2.43 bits per heavy atom. The van der Waals surface area contributed by atoms with Crippen molar-refractivity contribution in [1.29, 1.82) is 0 Å².